The number of nitrogens with two attached hydrogens (primary N) is 1. The normalized spacial score (nSPS) is 13.8. The topological polar surface area (TPSA) is 50.4 Å². The summed E-state index contributed by atoms with van der Waals surface area (Å²) < 4.78 is 1.07. The summed E-state index contributed by atoms with van der Waals surface area (Å²) in [4.78, 5) is 4.28. The number of hydrogen-bond acceptors (Lipinski definition) is 1. The highest BCUT2D eigenvalue weighted by molar-refractivity contribution is 9.10. The van der Waals surface area contributed by atoms with E-state index in [0.29, 0.717) is 11.9 Å². The van der Waals surface area contributed by atoms with E-state index in [1.165, 1.54) is 5.56 Å². The quantitative estimate of drug-likeness (QED) is 0.663. The van der Waals surface area contributed by atoms with Gasteiger partial charge in [-0.05, 0) is 30.5 Å². The number of hydrogen-bond donors (Lipinski definition) is 2. The fraction of sp³-hybridized carbons (Fsp3) is 0.462. The van der Waals surface area contributed by atoms with Gasteiger partial charge in [0.1, 0.15) is 0 Å². The van der Waals surface area contributed by atoms with Gasteiger partial charge in [0.05, 0.1) is 6.04 Å². The van der Waals surface area contributed by atoms with Crippen molar-refractivity contribution in [1.82, 2.24) is 5.32 Å². The van der Waals surface area contributed by atoms with Crippen molar-refractivity contribution in [3.63, 3.8) is 0 Å². The molecule has 17 heavy (non-hydrogen) atoms. The van der Waals surface area contributed by atoms with Crippen LogP contribution in [0.1, 0.15) is 32.4 Å². The first-order valence-electron chi connectivity index (χ1n) is 5.81. The van der Waals surface area contributed by atoms with E-state index in [4.69, 9.17) is 5.73 Å². The Kier molecular flexibility index (Phi) is 5.48. The molecular formula is C13H20BrN3. The summed E-state index contributed by atoms with van der Waals surface area (Å²) >= 11 is 3.46. The lowest BCUT2D eigenvalue weighted by atomic mass is 10.1. The number of rotatable bonds is 4. The molecule has 0 bridgehead atoms. The number of halogens is 1. The van der Waals surface area contributed by atoms with Crippen LogP contribution in [0.3, 0.4) is 0 Å². The van der Waals surface area contributed by atoms with Crippen molar-refractivity contribution in [3.05, 3.63) is 34.3 Å². The van der Waals surface area contributed by atoms with Gasteiger partial charge in [-0.25, -0.2) is 0 Å². The van der Waals surface area contributed by atoms with E-state index in [0.717, 1.165) is 11.0 Å². The van der Waals surface area contributed by atoms with Crippen LogP contribution in [0.25, 0.3) is 0 Å². The number of guanidine groups is 1. The van der Waals surface area contributed by atoms with Crippen LogP contribution >= 0.6 is 15.9 Å². The van der Waals surface area contributed by atoms with Gasteiger partial charge < -0.3 is 11.1 Å². The summed E-state index contributed by atoms with van der Waals surface area (Å²) in [6.45, 7) is 7.06. The fourth-order valence-electron chi connectivity index (χ4n) is 1.41. The molecule has 3 nitrogen and oxygen atoms in total. The van der Waals surface area contributed by atoms with Crippen LogP contribution in [0.5, 0.6) is 0 Å². The number of benzene rings is 1. The van der Waals surface area contributed by atoms with Gasteiger partial charge in [0.15, 0.2) is 5.96 Å². The van der Waals surface area contributed by atoms with Crippen molar-refractivity contribution in [2.24, 2.45) is 16.6 Å². The van der Waals surface area contributed by atoms with Crippen molar-refractivity contribution in [2.75, 3.05) is 6.54 Å². The van der Waals surface area contributed by atoms with Gasteiger partial charge in [-0.3, -0.25) is 4.99 Å². The molecule has 1 aromatic carbocycles. The Morgan fingerprint density at radius 3 is 2.71 bits per heavy atom. The molecule has 0 fully saturated rings. The van der Waals surface area contributed by atoms with Crippen LogP contribution in [-0.2, 0) is 0 Å². The van der Waals surface area contributed by atoms with Gasteiger partial charge in [-0.1, -0.05) is 41.9 Å². The van der Waals surface area contributed by atoms with Gasteiger partial charge in [0, 0.05) is 11.0 Å². The molecule has 0 aromatic heterocycles. The van der Waals surface area contributed by atoms with Crippen LogP contribution in [0.2, 0.25) is 0 Å². The van der Waals surface area contributed by atoms with E-state index in [1.54, 1.807) is 0 Å². The molecule has 0 aliphatic rings. The Labute approximate surface area is 112 Å². The molecule has 0 aliphatic carbocycles. The molecule has 0 heterocycles. The summed E-state index contributed by atoms with van der Waals surface area (Å²) in [6, 6.07) is 8.32. The molecule has 0 amide bonds. The second-order valence-electron chi connectivity index (χ2n) is 4.54. The molecule has 0 spiro atoms. The van der Waals surface area contributed by atoms with Crippen molar-refractivity contribution in [2.45, 2.75) is 26.8 Å². The van der Waals surface area contributed by atoms with Crippen LogP contribution in [-0.4, -0.2) is 12.5 Å². The van der Waals surface area contributed by atoms with Gasteiger partial charge in [-0.2, -0.15) is 0 Å². The molecule has 1 aromatic rings. The molecule has 4 heteroatoms. The van der Waals surface area contributed by atoms with Gasteiger partial charge >= 0.3 is 0 Å². The third kappa shape index (κ3) is 5.22. The maximum Gasteiger partial charge on any atom is 0.189 e. The van der Waals surface area contributed by atoms with E-state index in [-0.39, 0.29) is 6.04 Å². The van der Waals surface area contributed by atoms with Crippen molar-refractivity contribution < 1.29 is 0 Å². The van der Waals surface area contributed by atoms with E-state index < -0.39 is 0 Å². The monoisotopic (exact) mass is 297 g/mol. The van der Waals surface area contributed by atoms with Crippen LogP contribution in [0.4, 0.5) is 0 Å². The van der Waals surface area contributed by atoms with Crippen molar-refractivity contribution >= 4 is 21.9 Å². The highest BCUT2D eigenvalue weighted by Crippen LogP contribution is 2.17. The molecule has 0 radical (unpaired) electrons. The zero-order valence-corrected chi connectivity index (χ0v) is 12.2. The van der Waals surface area contributed by atoms with Crippen molar-refractivity contribution in [3.8, 4) is 0 Å². The highest BCUT2D eigenvalue weighted by atomic mass is 79.9. The van der Waals surface area contributed by atoms with Gasteiger partial charge in [0.2, 0.25) is 0 Å². The summed E-state index contributed by atoms with van der Waals surface area (Å²) in [5, 5.41) is 3.19. The minimum Gasteiger partial charge on any atom is -0.370 e. The molecule has 1 unspecified atom stereocenters. The van der Waals surface area contributed by atoms with E-state index >= 15 is 0 Å². The first-order chi connectivity index (χ1) is 7.99. The Morgan fingerprint density at radius 1 is 1.41 bits per heavy atom. The maximum absolute atomic E-state index is 5.83. The van der Waals surface area contributed by atoms with E-state index in [1.807, 2.05) is 12.1 Å². The third-order valence-electron chi connectivity index (χ3n) is 2.34. The summed E-state index contributed by atoms with van der Waals surface area (Å²) in [5.41, 5.74) is 7.01. The average Bonchev–Trinajstić information content (AvgIpc) is 2.26. The van der Waals surface area contributed by atoms with Gasteiger partial charge in [-0.15, -0.1) is 0 Å². The van der Waals surface area contributed by atoms with E-state index in [2.05, 4.69) is 59.1 Å². The molecule has 0 aliphatic heterocycles. The minimum absolute atomic E-state index is 0.156. The zero-order chi connectivity index (χ0) is 12.8. The van der Waals surface area contributed by atoms with Crippen molar-refractivity contribution in [1.29, 1.82) is 0 Å². The summed E-state index contributed by atoms with van der Waals surface area (Å²) in [6.07, 6.45) is 0. The second kappa shape index (κ2) is 6.64. The van der Waals surface area contributed by atoms with E-state index in [9.17, 15) is 0 Å². The SMILES string of the molecule is CC(C)CN=C(N)NC(C)c1cccc(Br)c1. The largest absolute Gasteiger partial charge is 0.370 e. The lowest BCUT2D eigenvalue weighted by Crippen LogP contribution is -2.34. The number of nitrogens with zero attached hydrogens (tertiary/aromatic N) is 1. The highest BCUT2D eigenvalue weighted by Gasteiger charge is 2.06. The van der Waals surface area contributed by atoms with Crippen LogP contribution in [0.15, 0.2) is 33.7 Å². The number of nitrogens with one attached hydrogen (secondary N) is 1. The van der Waals surface area contributed by atoms with Gasteiger partial charge in [0.25, 0.3) is 0 Å². The molecule has 3 N–H and O–H groups in total. The summed E-state index contributed by atoms with van der Waals surface area (Å²) in [5.74, 6) is 1.03. The molecular weight excluding hydrogens is 278 g/mol. The maximum atomic E-state index is 5.83. The Morgan fingerprint density at radius 2 is 2.12 bits per heavy atom. The average molecular weight is 298 g/mol. The molecule has 94 valence electrons. The predicted molar refractivity (Wildman–Crippen MR) is 77.0 cm³/mol. The van der Waals surface area contributed by atoms with Crippen LogP contribution in [0, 0.1) is 5.92 Å². The molecule has 0 saturated heterocycles. The first kappa shape index (κ1) is 14.0. The fourth-order valence-corrected chi connectivity index (χ4v) is 1.82. The molecule has 1 rings (SSSR count). The Balaban J connectivity index is 2.60. The standard InChI is InChI=1S/C13H20BrN3/c1-9(2)8-16-13(15)17-10(3)11-5-4-6-12(14)7-11/h4-7,9-10H,8H2,1-3H3,(H3,15,16,17). The lowest BCUT2D eigenvalue weighted by molar-refractivity contribution is 0.652. The molecule has 1 atom stereocenters. The Hall–Kier alpha value is -1.03. The zero-order valence-electron chi connectivity index (χ0n) is 10.6. The molecule has 0 saturated carbocycles. The number of aliphatic imine (C=N–C) groups is 1. The predicted octanol–water partition coefficient (Wildman–Crippen LogP) is 3.07. The Bertz CT molecular complexity index is 388. The first-order valence-corrected chi connectivity index (χ1v) is 6.60. The second-order valence-corrected chi connectivity index (χ2v) is 5.46. The smallest absolute Gasteiger partial charge is 0.189 e. The lowest BCUT2D eigenvalue weighted by Gasteiger charge is -2.15. The summed E-state index contributed by atoms with van der Waals surface area (Å²) in [7, 11) is 0. The third-order valence-corrected chi connectivity index (χ3v) is 2.83. The minimum atomic E-state index is 0.156. The van der Waals surface area contributed by atoms with Crippen LogP contribution < -0.4 is 11.1 Å².